The van der Waals surface area contributed by atoms with Crippen molar-refractivity contribution in [3.05, 3.63) is 35.9 Å². The predicted octanol–water partition coefficient (Wildman–Crippen LogP) is 2.62. The van der Waals surface area contributed by atoms with E-state index in [9.17, 15) is 4.79 Å². The van der Waals surface area contributed by atoms with E-state index < -0.39 is 0 Å². The second-order valence-electron chi connectivity index (χ2n) is 5.60. The van der Waals surface area contributed by atoms with Gasteiger partial charge in [0.05, 0.1) is 11.8 Å². The number of aliphatic hydroxyl groups excluding tert-OH is 1. The maximum Gasteiger partial charge on any atom is 0.230 e. The van der Waals surface area contributed by atoms with Crippen molar-refractivity contribution in [2.75, 3.05) is 18.1 Å². The molecule has 2 unspecified atom stereocenters. The second-order valence-corrected chi connectivity index (χ2v) is 6.63. The molecule has 4 heteroatoms. The standard InChI is InChI=1S/C16H23NO2S/c1-12(9-18)10-20-11-15(19)17-16(14-7-8-14)13-5-3-2-4-6-13/h2-6,12,14,16,18H,7-11H2,1H3,(H,17,19). The monoisotopic (exact) mass is 293 g/mol. The van der Waals surface area contributed by atoms with Crippen LogP contribution in [0, 0.1) is 11.8 Å². The van der Waals surface area contributed by atoms with Gasteiger partial charge in [-0.3, -0.25) is 4.79 Å². The van der Waals surface area contributed by atoms with E-state index >= 15 is 0 Å². The Morgan fingerprint density at radius 2 is 2.10 bits per heavy atom. The van der Waals surface area contributed by atoms with Gasteiger partial charge in [0, 0.05) is 6.61 Å². The van der Waals surface area contributed by atoms with E-state index in [0.717, 1.165) is 5.75 Å². The topological polar surface area (TPSA) is 49.3 Å². The molecule has 2 rings (SSSR count). The van der Waals surface area contributed by atoms with Crippen LogP contribution >= 0.6 is 11.8 Å². The van der Waals surface area contributed by atoms with Crippen LogP contribution in [0.2, 0.25) is 0 Å². The molecule has 0 spiro atoms. The van der Waals surface area contributed by atoms with Crippen LogP contribution in [0.25, 0.3) is 0 Å². The first-order valence-electron chi connectivity index (χ1n) is 7.23. The van der Waals surface area contributed by atoms with Crippen LogP contribution in [0.15, 0.2) is 30.3 Å². The Balaban J connectivity index is 1.81. The molecule has 3 nitrogen and oxygen atoms in total. The maximum atomic E-state index is 12.0. The summed E-state index contributed by atoms with van der Waals surface area (Å²) in [7, 11) is 0. The molecular weight excluding hydrogens is 270 g/mol. The molecule has 1 amide bonds. The Bertz CT molecular complexity index is 420. The van der Waals surface area contributed by atoms with E-state index in [0.29, 0.717) is 11.7 Å². The van der Waals surface area contributed by atoms with Crippen molar-refractivity contribution in [3.63, 3.8) is 0 Å². The Hall–Kier alpha value is -1.00. The van der Waals surface area contributed by atoms with Gasteiger partial charge in [0.2, 0.25) is 5.91 Å². The van der Waals surface area contributed by atoms with Gasteiger partial charge in [-0.15, -0.1) is 0 Å². The first-order valence-corrected chi connectivity index (χ1v) is 8.39. The average Bonchev–Trinajstić information content (AvgIpc) is 3.30. The van der Waals surface area contributed by atoms with Gasteiger partial charge in [0.15, 0.2) is 0 Å². The number of hydrogen-bond acceptors (Lipinski definition) is 3. The van der Waals surface area contributed by atoms with Crippen molar-refractivity contribution >= 4 is 17.7 Å². The van der Waals surface area contributed by atoms with Crippen LogP contribution in [0.5, 0.6) is 0 Å². The summed E-state index contributed by atoms with van der Waals surface area (Å²) in [4.78, 5) is 12.0. The first-order chi connectivity index (χ1) is 9.70. The highest BCUT2D eigenvalue weighted by Gasteiger charge is 2.33. The molecule has 1 saturated carbocycles. The smallest absolute Gasteiger partial charge is 0.230 e. The van der Waals surface area contributed by atoms with Gasteiger partial charge in [-0.2, -0.15) is 11.8 Å². The third-order valence-corrected chi connectivity index (χ3v) is 4.79. The van der Waals surface area contributed by atoms with Crippen LogP contribution < -0.4 is 5.32 Å². The van der Waals surface area contributed by atoms with Gasteiger partial charge in [-0.1, -0.05) is 37.3 Å². The van der Waals surface area contributed by atoms with Gasteiger partial charge < -0.3 is 10.4 Å². The molecule has 1 fully saturated rings. The van der Waals surface area contributed by atoms with Crippen LogP contribution in [-0.4, -0.2) is 29.1 Å². The summed E-state index contributed by atoms with van der Waals surface area (Å²) in [5.41, 5.74) is 1.21. The molecule has 2 N–H and O–H groups in total. The number of thioether (sulfide) groups is 1. The lowest BCUT2D eigenvalue weighted by atomic mass is 10.0. The summed E-state index contributed by atoms with van der Waals surface area (Å²) in [6.45, 7) is 2.17. The number of nitrogens with one attached hydrogen (secondary N) is 1. The SMILES string of the molecule is CC(CO)CSCC(=O)NC(c1ccccc1)C1CC1. The molecule has 1 aliphatic carbocycles. The minimum absolute atomic E-state index is 0.0980. The number of amides is 1. The summed E-state index contributed by atoms with van der Waals surface area (Å²) >= 11 is 1.59. The molecule has 110 valence electrons. The molecule has 0 aromatic heterocycles. The predicted molar refractivity (Wildman–Crippen MR) is 83.6 cm³/mol. The number of carbonyl (C=O) groups excluding carboxylic acids is 1. The summed E-state index contributed by atoms with van der Waals surface area (Å²) in [5.74, 6) is 2.24. The zero-order valence-corrected chi connectivity index (χ0v) is 12.7. The number of carbonyl (C=O) groups is 1. The Morgan fingerprint density at radius 3 is 2.70 bits per heavy atom. The minimum Gasteiger partial charge on any atom is -0.396 e. The quantitative estimate of drug-likeness (QED) is 0.774. The molecule has 2 atom stereocenters. The van der Waals surface area contributed by atoms with E-state index in [-0.39, 0.29) is 24.5 Å². The van der Waals surface area contributed by atoms with E-state index in [2.05, 4.69) is 17.4 Å². The molecule has 1 aromatic rings. The van der Waals surface area contributed by atoms with Gasteiger partial charge >= 0.3 is 0 Å². The van der Waals surface area contributed by atoms with Crippen molar-refractivity contribution in [2.24, 2.45) is 11.8 Å². The Morgan fingerprint density at radius 1 is 1.40 bits per heavy atom. The number of hydrogen-bond donors (Lipinski definition) is 2. The Kier molecular flexibility index (Phi) is 5.92. The fourth-order valence-electron chi connectivity index (χ4n) is 2.18. The summed E-state index contributed by atoms with van der Waals surface area (Å²) in [5, 5.41) is 12.1. The van der Waals surface area contributed by atoms with Gasteiger partial charge in [-0.05, 0) is 36.0 Å². The average molecular weight is 293 g/mol. The molecule has 0 radical (unpaired) electrons. The minimum atomic E-state index is 0.0980. The van der Waals surface area contributed by atoms with E-state index in [1.807, 2.05) is 25.1 Å². The third-order valence-electron chi connectivity index (χ3n) is 3.52. The van der Waals surface area contributed by atoms with E-state index in [1.54, 1.807) is 11.8 Å². The number of aliphatic hydroxyl groups is 1. The third kappa shape index (κ3) is 4.84. The summed E-state index contributed by atoms with van der Waals surface area (Å²) < 4.78 is 0. The van der Waals surface area contributed by atoms with Gasteiger partial charge in [0.25, 0.3) is 0 Å². The molecular formula is C16H23NO2S. The fourth-order valence-corrected chi connectivity index (χ4v) is 3.08. The first kappa shape index (κ1) is 15.4. The van der Waals surface area contributed by atoms with E-state index in [1.165, 1.54) is 18.4 Å². The number of rotatable bonds is 8. The van der Waals surface area contributed by atoms with Crippen molar-refractivity contribution < 1.29 is 9.90 Å². The summed E-state index contributed by atoms with van der Waals surface area (Å²) in [6.07, 6.45) is 2.41. The van der Waals surface area contributed by atoms with Crippen LogP contribution in [-0.2, 0) is 4.79 Å². The van der Waals surface area contributed by atoms with Crippen LogP contribution in [0.3, 0.4) is 0 Å². The van der Waals surface area contributed by atoms with Gasteiger partial charge in [-0.25, -0.2) is 0 Å². The molecule has 1 aliphatic rings. The highest BCUT2D eigenvalue weighted by molar-refractivity contribution is 7.99. The molecule has 0 heterocycles. The zero-order valence-electron chi connectivity index (χ0n) is 11.9. The molecule has 1 aromatic carbocycles. The van der Waals surface area contributed by atoms with Crippen molar-refractivity contribution in [1.29, 1.82) is 0 Å². The summed E-state index contributed by atoms with van der Waals surface area (Å²) in [6, 6.07) is 10.4. The lowest BCUT2D eigenvalue weighted by Crippen LogP contribution is -2.31. The molecule has 0 aliphatic heterocycles. The second kappa shape index (κ2) is 7.70. The van der Waals surface area contributed by atoms with Crippen LogP contribution in [0.4, 0.5) is 0 Å². The largest absolute Gasteiger partial charge is 0.396 e. The van der Waals surface area contributed by atoms with Crippen molar-refractivity contribution in [1.82, 2.24) is 5.32 Å². The molecule has 0 saturated heterocycles. The Labute approximate surface area is 125 Å². The molecule has 0 bridgehead atoms. The zero-order chi connectivity index (χ0) is 14.4. The van der Waals surface area contributed by atoms with Gasteiger partial charge in [0.1, 0.15) is 0 Å². The normalized spacial score (nSPS) is 17.5. The van der Waals surface area contributed by atoms with Crippen molar-refractivity contribution in [3.8, 4) is 0 Å². The fraction of sp³-hybridized carbons (Fsp3) is 0.562. The molecule has 20 heavy (non-hydrogen) atoms. The van der Waals surface area contributed by atoms with E-state index in [4.69, 9.17) is 5.11 Å². The number of benzene rings is 1. The van der Waals surface area contributed by atoms with Crippen molar-refractivity contribution in [2.45, 2.75) is 25.8 Å². The lowest BCUT2D eigenvalue weighted by molar-refractivity contribution is -0.119. The van der Waals surface area contributed by atoms with Crippen LogP contribution in [0.1, 0.15) is 31.4 Å². The highest BCUT2D eigenvalue weighted by atomic mass is 32.2. The highest BCUT2D eigenvalue weighted by Crippen LogP contribution is 2.40. The maximum absolute atomic E-state index is 12.0. The lowest BCUT2D eigenvalue weighted by Gasteiger charge is -2.19.